The maximum absolute atomic E-state index is 12.5. The molecule has 0 spiro atoms. The molecule has 0 saturated carbocycles. The lowest BCUT2D eigenvalue weighted by Crippen LogP contribution is -2.52. The van der Waals surface area contributed by atoms with E-state index in [1.807, 2.05) is 4.90 Å². The van der Waals surface area contributed by atoms with Gasteiger partial charge in [0.05, 0.1) is 19.4 Å². The molecular formula is C19H21ClN4O4. The number of nitrogens with one attached hydrogen (secondary N) is 2. The molecule has 9 heteroatoms. The number of benzene rings is 1. The third-order valence-corrected chi connectivity index (χ3v) is 4.59. The van der Waals surface area contributed by atoms with Gasteiger partial charge in [0.2, 0.25) is 5.91 Å². The Morgan fingerprint density at radius 3 is 2.54 bits per heavy atom. The van der Waals surface area contributed by atoms with E-state index in [-0.39, 0.29) is 19.0 Å². The lowest BCUT2D eigenvalue weighted by atomic mass is 10.2. The molecule has 2 heterocycles. The molecule has 1 fully saturated rings. The van der Waals surface area contributed by atoms with E-state index < -0.39 is 11.9 Å². The Morgan fingerprint density at radius 1 is 1.07 bits per heavy atom. The Morgan fingerprint density at radius 2 is 1.86 bits per heavy atom. The highest BCUT2D eigenvalue weighted by molar-refractivity contribution is 6.30. The number of rotatable bonds is 5. The average Bonchev–Trinajstić information content (AvgIpc) is 3.20. The van der Waals surface area contributed by atoms with E-state index in [0.717, 1.165) is 0 Å². The molecule has 1 aliphatic rings. The summed E-state index contributed by atoms with van der Waals surface area (Å²) >= 11 is 5.94. The van der Waals surface area contributed by atoms with Crippen molar-refractivity contribution < 1.29 is 18.8 Å². The molecule has 2 N–H and O–H groups in total. The Labute approximate surface area is 167 Å². The minimum atomic E-state index is -0.573. The van der Waals surface area contributed by atoms with Crippen LogP contribution in [0, 0.1) is 0 Å². The number of carbonyl (C=O) groups is 3. The second-order valence-electron chi connectivity index (χ2n) is 6.39. The van der Waals surface area contributed by atoms with Gasteiger partial charge in [-0.1, -0.05) is 17.7 Å². The zero-order valence-corrected chi connectivity index (χ0v) is 15.9. The Kier molecular flexibility index (Phi) is 6.67. The highest BCUT2D eigenvalue weighted by atomic mass is 35.5. The molecule has 0 bridgehead atoms. The Bertz CT molecular complexity index is 832. The van der Waals surface area contributed by atoms with Crippen molar-refractivity contribution in [1.29, 1.82) is 0 Å². The third kappa shape index (κ3) is 5.58. The predicted molar refractivity (Wildman–Crippen MR) is 103 cm³/mol. The van der Waals surface area contributed by atoms with Gasteiger partial charge in [-0.25, -0.2) is 4.79 Å². The highest BCUT2D eigenvalue weighted by Crippen LogP contribution is 2.14. The van der Waals surface area contributed by atoms with Gasteiger partial charge in [-0.2, -0.15) is 0 Å². The molecular weight excluding hydrogens is 384 g/mol. The summed E-state index contributed by atoms with van der Waals surface area (Å²) in [5.41, 5.74) is 0.548. The smallest absolute Gasteiger partial charge is 0.321 e. The first-order valence-electron chi connectivity index (χ1n) is 8.88. The van der Waals surface area contributed by atoms with E-state index in [4.69, 9.17) is 16.0 Å². The number of piperazine rings is 1. The van der Waals surface area contributed by atoms with Crippen molar-refractivity contribution in [3.05, 3.63) is 59.0 Å². The summed E-state index contributed by atoms with van der Waals surface area (Å²) in [6, 6.07) is 9.71. The summed E-state index contributed by atoms with van der Waals surface area (Å²) in [5.74, 6) is 0.124. The summed E-state index contributed by atoms with van der Waals surface area (Å²) in [7, 11) is 0. The monoisotopic (exact) mass is 404 g/mol. The summed E-state index contributed by atoms with van der Waals surface area (Å²) < 4.78 is 5.10. The number of hydrogen-bond acceptors (Lipinski definition) is 5. The van der Waals surface area contributed by atoms with Crippen molar-refractivity contribution >= 4 is 29.4 Å². The zero-order valence-electron chi connectivity index (χ0n) is 15.2. The van der Waals surface area contributed by atoms with E-state index >= 15 is 0 Å². The number of halogens is 1. The lowest BCUT2D eigenvalue weighted by Gasteiger charge is -2.34. The zero-order chi connectivity index (χ0) is 19.9. The van der Waals surface area contributed by atoms with Crippen LogP contribution in [0.1, 0.15) is 16.1 Å². The van der Waals surface area contributed by atoms with Gasteiger partial charge in [-0.3, -0.25) is 19.8 Å². The fraction of sp³-hybridized carbons (Fsp3) is 0.316. The van der Waals surface area contributed by atoms with Gasteiger partial charge < -0.3 is 14.6 Å². The normalized spacial score (nSPS) is 14.5. The summed E-state index contributed by atoms with van der Waals surface area (Å²) in [4.78, 5) is 39.9. The Hall–Kier alpha value is -2.84. The molecule has 148 valence electrons. The second-order valence-corrected chi connectivity index (χ2v) is 6.83. The minimum Gasteiger partial charge on any atom is -0.467 e. The topological polar surface area (TPSA) is 94.9 Å². The van der Waals surface area contributed by atoms with Crippen molar-refractivity contribution in [1.82, 2.24) is 20.4 Å². The maximum Gasteiger partial charge on any atom is 0.321 e. The second kappa shape index (κ2) is 9.38. The number of amides is 4. The summed E-state index contributed by atoms with van der Waals surface area (Å²) in [6.45, 7) is 2.40. The van der Waals surface area contributed by atoms with Crippen LogP contribution in [-0.2, 0) is 11.3 Å². The van der Waals surface area contributed by atoms with Crippen LogP contribution in [0.2, 0.25) is 5.02 Å². The molecule has 0 aliphatic carbocycles. The standard InChI is InChI=1S/C19H21ClN4O4/c20-15-4-1-3-14(11-15)18(26)24-8-6-23(7-9-24)13-17(25)22-19(27)21-12-16-5-2-10-28-16/h1-5,10-11H,6-9,12-13H2,(H2,21,22,25,27). The number of hydrogen-bond donors (Lipinski definition) is 2. The maximum atomic E-state index is 12.5. The third-order valence-electron chi connectivity index (χ3n) is 4.35. The fourth-order valence-electron chi connectivity index (χ4n) is 2.91. The number of carbonyl (C=O) groups excluding carboxylic acids is 3. The number of furan rings is 1. The molecule has 3 rings (SSSR count). The van der Waals surface area contributed by atoms with Crippen LogP contribution in [0.3, 0.4) is 0 Å². The average molecular weight is 405 g/mol. The molecule has 28 heavy (non-hydrogen) atoms. The molecule has 4 amide bonds. The molecule has 2 aromatic rings. The van der Waals surface area contributed by atoms with Gasteiger partial charge in [0.1, 0.15) is 5.76 Å². The van der Waals surface area contributed by atoms with Crippen LogP contribution in [0.15, 0.2) is 47.1 Å². The van der Waals surface area contributed by atoms with Crippen LogP contribution in [0.4, 0.5) is 4.79 Å². The van der Waals surface area contributed by atoms with Gasteiger partial charge in [-0.15, -0.1) is 0 Å². The van der Waals surface area contributed by atoms with Gasteiger partial charge in [0.15, 0.2) is 0 Å². The summed E-state index contributed by atoms with van der Waals surface area (Å²) in [6.07, 6.45) is 1.51. The van der Waals surface area contributed by atoms with Crippen LogP contribution in [0.5, 0.6) is 0 Å². The van der Waals surface area contributed by atoms with E-state index in [0.29, 0.717) is 42.5 Å². The van der Waals surface area contributed by atoms with Crippen molar-refractivity contribution in [2.24, 2.45) is 0 Å². The first-order valence-corrected chi connectivity index (χ1v) is 9.26. The van der Waals surface area contributed by atoms with Crippen LogP contribution < -0.4 is 10.6 Å². The molecule has 1 saturated heterocycles. The highest BCUT2D eigenvalue weighted by Gasteiger charge is 2.23. The SMILES string of the molecule is O=C(CN1CCN(C(=O)c2cccc(Cl)c2)CC1)NC(=O)NCc1ccco1. The lowest BCUT2D eigenvalue weighted by molar-refractivity contribution is -0.121. The van der Waals surface area contributed by atoms with E-state index in [1.54, 1.807) is 41.3 Å². The Balaban J connectivity index is 1.39. The van der Waals surface area contributed by atoms with Crippen LogP contribution >= 0.6 is 11.6 Å². The molecule has 8 nitrogen and oxygen atoms in total. The van der Waals surface area contributed by atoms with Crippen molar-refractivity contribution in [2.45, 2.75) is 6.54 Å². The first-order chi connectivity index (χ1) is 13.5. The number of imide groups is 1. The largest absolute Gasteiger partial charge is 0.467 e. The molecule has 1 aromatic heterocycles. The van der Waals surface area contributed by atoms with Crippen molar-refractivity contribution in [3.63, 3.8) is 0 Å². The van der Waals surface area contributed by atoms with E-state index in [9.17, 15) is 14.4 Å². The minimum absolute atomic E-state index is 0.0797. The number of nitrogens with zero attached hydrogens (tertiary/aromatic N) is 2. The van der Waals surface area contributed by atoms with Crippen LogP contribution in [-0.4, -0.2) is 60.4 Å². The molecule has 1 aliphatic heterocycles. The van der Waals surface area contributed by atoms with Crippen molar-refractivity contribution in [3.8, 4) is 0 Å². The quantitative estimate of drug-likeness (QED) is 0.791. The molecule has 0 radical (unpaired) electrons. The molecule has 0 atom stereocenters. The van der Waals surface area contributed by atoms with Gasteiger partial charge in [-0.05, 0) is 30.3 Å². The van der Waals surface area contributed by atoms with Gasteiger partial charge in [0.25, 0.3) is 5.91 Å². The van der Waals surface area contributed by atoms with Crippen LogP contribution in [0.25, 0.3) is 0 Å². The predicted octanol–water partition coefficient (Wildman–Crippen LogP) is 1.72. The fourth-order valence-corrected chi connectivity index (χ4v) is 3.10. The van der Waals surface area contributed by atoms with Gasteiger partial charge >= 0.3 is 6.03 Å². The number of urea groups is 1. The van der Waals surface area contributed by atoms with E-state index in [1.165, 1.54) is 6.26 Å². The summed E-state index contributed by atoms with van der Waals surface area (Å²) in [5, 5.41) is 5.36. The van der Waals surface area contributed by atoms with E-state index in [2.05, 4.69) is 10.6 Å². The molecule has 0 unspecified atom stereocenters. The first kappa shape index (κ1) is 19.9. The van der Waals surface area contributed by atoms with Gasteiger partial charge in [0, 0.05) is 36.8 Å². The molecule has 1 aromatic carbocycles. The van der Waals surface area contributed by atoms with Crippen molar-refractivity contribution in [2.75, 3.05) is 32.7 Å².